The number of allylic oxidation sites excluding steroid dienone is 8. The summed E-state index contributed by atoms with van der Waals surface area (Å²) < 4.78 is 2.04. The first kappa shape index (κ1) is 23.6. The van der Waals surface area contributed by atoms with Crippen LogP contribution in [0.3, 0.4) is 0 Å². The maximum absolute atomic E-state index is 4.92. The lowest BCUT2D eigenvalue weighted by Gasteiger charge is -2.16. The third-order valence-electron chi connectivity index (χ3n) is 5.37. The van der Waals surface area contributed by atoms with Crippen LogP contribution >= 0.6 is 0 Å². The molecule has 0 unspecified atom stereocenters. The van der Waals surface area contributed by atoms with Crippen molar-refractivity contribution in [3.8, 4) is 17.1 Å². The lowest BCUT2D eigenvalue weighted by molar-refractivity contribution is 0.516. The Bertz CT molecular complexity index is 1380. The van der Waals surface area contributed by atoms with Crippen LogP contribution in [0.4, 0.5) is 0 Å². The van der Waals surface area contributed by atoms with Gasteiger partial charge in [0.25, 0.3) is 0 Å². The third kappa shape index (κ3) is 5.68. The molecule has 6 nitrogen and oxygen atoms in total. The first-order chi connectivity index (χ1) is 16.9. The molecule has 0 saturated heterocycles. The van der Waals surface area contributed by atoms with Gasteiger partial charge in [0.05, 0.1) is 29.5 Å². The molecule has 6 heteroatoms. The lowest BCUT2D eigenvalue weighted by Crippen LogP contribution is -2.09. The summed E-state index contributed by atoms with van der Waals surface area (Å²) in [5, 5.41) is 6.32. The van der Waals surface area contributed by atoms with Crippen molar-refractivity contribution in [2.45, 2.75) is 20.8 Å². The number of rotatable bonds is 6. The molecule has 174 valence electrons. The standard InChI is InChI=1S/C29H28N6/c1-6-25(35-16-14-21(2)17-22(3)18-32-35)12-10-23(4)29-33-28(27-9-7-8-15-30-27)20-34(29)26-13-11-24(5)31-19-26/h6-20H,1-2H2,3-5H3/b16-14-,22-17-,23-10+,25-12+,32-18-. The summed E-state index contributed by atoms with van der Waals surface area (Å²) in [5.74, 6) is 0.801. The second-order valence-corrected chi connectivity index (χ2v) is 8.21. The fourth-order valence-corrected chi connectivity index (χ4v) is 3.51. The van der Waals surface area contributed by atoms with Gasteiger partial charge in [-0.2, -0.15) is 5.10 Å². The van der Waals surface area contributed by atoms with Gasteiger partial charge in [-0.05, 0) is 80.0 Å². The molecular formula is C29H28N6. The number of hydrogen-bond acceptors (Lipinski definition) is 5. The highest BCUT2D eigenvalue weighted by atomic mass is 15.4. The van der Waals surface area contributed by atoms with Crippen LogP contribution in [-0.4, -0.2) is 30.7 Å². The zero-order chi connectivity index (χ0) is 24.8. The van der Waals surface area contributed by atoms with Crippen molar-refractivity contribution in [3.63, 3.8) is 0 Å². The van der Waals surface area contributed by atoms with Gasteiger partial charge >= 0.3 is 0 Å². The van der Waals surface area contributed by atoms with Crippen molar-refractivity contribution in [2.75, 3.05) is 0 Å². The van der Waals surface area contributed by atoms with Crippen molar-refractivity contribution in [3.05, 3.63) is 127 Å². The van der Waals surface area contributed by atoms with Gasteiger partial charge in [-0.15, -0.1) is 0 Å². The van der Waals surface area contributed by atoms with Gasteiger partial charge in [-0.1, -0.05) is 31.4 Å². The number of pyridine rings is 2. The van der Waals surface area contributed by atoms with Crippen molar-refractivity contribution >= 4 is 11.8 Å². The zero-order valence-corrected chi connectivity index (χ0v) is 20.3. The predicted octanol–water partition coefficient (Wildman–Crippen LogP) is 6.43. The number of aromatic nitrogens is 4. The Morgan fingerprint density at radius 2 is 1.89 bits per heavy atom. The van der Waals surface area contributed by atoms with E-state index < -0.39 is 0 Å². The van der Waals surface area contributed by atoms with Gasteiger partial charge in [0.2, 0.25) is 0 Å². The molecule has 4 rings (SSSR count). The number of hydrazone groups is 1. The van der Waals surface area contributed by atoms with E-state index in [0.29, 0.717) is 0 Å². The highest BCUT2D eigenvalue weighted by Crippen LogP contribution is 2.25. The van der Waals surface area contributed by atoms with Crippen LogP contribution in [0.25, 0.3) is 22.6 Å². The molecule has 0 radical (unpaired) electrons. The molecule has 0 aromatic carbocycles. The molecule has 4 heterocycles. The summed E-state index contributed by atoms with van der Waals surface area (Å²) in [4.78, 5) is 13.9. The molecule has 1 aliphatic rings. The van der Waals surface area contributed by atoms with Gasteiger partial charge in [0.15, 0.2) is 0 Å². The van der Waals surface area contributed by atoms with E-state index in [0.717, 1.165) is 51.0 Å². The largest absolute Gasteiger partial charge is 0.298 e. The molecule has 0 saturated carbocycles. The van der Waals surface area contributed by atoms with Crippen LogP contribution < -0.4 is 0 Å². The summed E-state index contributed by atoms with van der Waals surface area (Å²) in [6.07, 6.45) is 18.9. The molecule has 0 amide bonds. The van der Waals surface area contributed by atoms with Crippen LogP contribution in [0.15, 0.2) is 121 Å². The monoisotopic (exact) mass is 460 g/mol. The molecular weight excluding hydrogens is 432 g/mol. The van der Waals surface area contributed by atoms with E-state index in [9.17, 15) is 0 Å². The molecule has 0 fully saturated rings. The van der Waals surface area contributed by atoms with Crippen molar-refractivity contribution in [2.24, 2.45) is 5.10 Å². The Morgan fingerprint density at radius 3 is 2.60 bits per heavy atom. The smallest absolute Gasteiger partial charge is 0.140 e. The van der Waals surface area contributed by atoms with E-state index in [1.165, 1.54) is 0 Å². The molecule has 0 bridgehead atoms. The minimum atomic E-state index is 0.791. The Hall–Kier alpha value is -4.58. The highest BCUT2D eigenvalue weighted by molar-refractivity contribution is 5.79. The molecule has 0 atom stereocenters. The van der Waals surface area contributed by atoms with Crippen LogP contribution in [0.2, 0.25) is 0 Å². The summed E-state index contributed by atoms with van der Waals surface area (Å²) in [7, 11) is 0. The van der Waals surface area contributed by atoms with E-state index in [1.807, 2.05) is 98.6 Å². The molecule has 3 aromatic heterocycles. The van der Waals surface area contributed by atoms with Gasteiger partial charge < -0.3 is 0 Å². The summed E-state index contributed by atoms with van der Waals surface area (Å²) in [6.45, 7) is 14.0. The van der Waals surface area contributed by atoms with Gasteiger partial charge in [-0.25, -0.2) is 9.99 Å². The van der Waals surface area contributed by atoms with Gasteiger partial charge in [0, 0.05) is 24.3 Å². The Labute approximate surface area is 206 Å². The fourth-order valence-electron chi connectivity index (χ4n) is 3.51. The number of aryl methyl sites for hydroxylation is 1. The zero-order valence-electron chi connectivity index (χ0n) is 20.3. The Kier molecular flexibility index (Phi) is 7.12. The molecule has 1 aliphatic heterocycles. The average Bonchev–Trinajstić information content (AvgIpc) is 3.31. The van der Waals surface area contributed by atoms with Crippen LogP contribution in [0.5, 0.6) is 0 Å². The van der Waals surface area contributed by atoms with Crippen molar-refractivity contribution in [1.82, 2.24) is 24.5 Å². The summed E-state index contributed by atoms with van der Waals surface area (Å²) in [6, 6.07) is 9.84. The van der Waals surface area contributed by atoms with E-state index in [-0.39, 0.29) is 0 Å². The second kappa shape index (κ2) is 10.6. The first-order valence-corrected chi connectivity index (χ1v) is 11.3. The van der Waals surface area contributed by atoms with E-state index in [2.05, 4.69) is 28.2 Å². The summed E-state index contributed by atoms with van der Waals surface area (Å²) >= 11 is 0. The molecule has 0 N–H and O–H groups in total. The topological polar surface area (TPSA) is 59.2 Å². The predicted molar refractivity (Wildman–Crippen MR) is 144 cm³/mol. The van der Waals surface area contributed by atoms with Crippen LogP contribution in [-0.2, 0) is 0 Å². The van der Waals surface area contributed by atoms with Crippen molar-refractivity contribution < 1.29 is 0 Å². The minimum Gasteiger partial charge on any atom is -0.298 e. The molecule has 0 aliphatic carbocycles. The lowest BCUT2D eigenvalue weighted by atomic mass is 10.2. The maximum atomic E-state index is 4.92. The number of hydrogen-bond donors (Lipinski definition) is 0. The molecule has 35 heavy (non-hydrogen) atoms. The third-order valence-corrected chi connectivity index (χ3v) is 5.37. The van der Waals surface area contributed by atoms with Crippen LogP contribution in [0.1, 0.15) is 25.4 Å². The Morgan fingerprint density at radius 1 is 1.03 bits per heavy atom. The minimum absolute atomic E-state index is 0.791. The van der Waals surface area contributed by atoms with Gasteiger partial charge in [0.1, 0.15) is 11.5 Å². The normalized spacial score (nSPS) is 17.9. The van der Waals surface area contributed by atoms with E-state index in [1.54, 1.807) is 23.5 Å². The maximum Gasteiger partial charge on any atom is 0.140 e. The SMILES string of the molecule is C=C/C(=C\C=C(/C)c1nc(-c2ccccn2)cn1-c1ccc(C)nc1)N1/C=C\C(=C)/C=C(C)\C=N/1. The summed E-state index contributed by atoms with van der Waals surface area (Å²) in [5.41, 5.74) is 7.20. The van der Waals surface area contributed by atoms with E-state index in [4.69, 9.17) is 4.98 Å². The molecule has 0 spiro atoms. The van der Waals surface area contributed by atoms with E-state index >= 15 is 0 Å². The van der Waals surface area contributed by atoms with Gasteiger partial charge in [-0.3, -0.25) is 14.5 Å². The quantitative estimate of drug-likeness (QED) is 0.398. The number of imidazole rings is 1. The van der Waals surface area contributed by atoms with Crippen LogP contribution in [0, 0.1) is 6.92 Å². The first-order valence-electron chi connectivity index (χ1n) is 11.3. The van der Waals surface area contributed by atoms with Crippen molar-refractivity contribution in [1.29, 1.82) is 0 Å². The average molecular weight is 461 g/mol. The second-order valence-electron chi connectivity index (χ2n) is 8.21. The molecule has 3 aromatic rings. The Balaban J connectivity index is 1.75. The fraction of sp³-hybridized carbons (Fsp3) is 0.103. The number of nitrogens with zero attached hydrogens (tertiary/aromatic N) is 6. The highest BCUT2D eigenvalue weighted by Gasteiger charge is 2.14.